The van der Waals surface area contributed by atoms with Crippen LogP contribution in [0.4, 0.5) is 0 Å². The lowest BCUT2D eigenvalue weighted by atomic mass is 9.90. The smallest absolute Gasteiger partial charge is 0.313 e. The molecule has 0 saturated carbocycles. The van der Waals surface area contributed by atoms with E-state index in [2.05, 4.69) is 11.1 Å². The molecule has 0 spiro atoms. The third-order valence-electron chi connectivity index (χ3n) is 6.70. The van der Waals surface area contributed by atoms with Crippen LogP contribution in [0.2, 0.25) is 0 Å². The van der Waals surface area contributed by atoms with Gasteiger partial charge in [0.1, 0.15) is 9.84 Å². The van der Waals surface area contributed by atoms with Crippen LogP contribution in [0, 0.1) is 0 Å². The lowest BCUT2D eigenvalue weighted by Crippen LogP contribution is -2.18. The van der Waals surface area contributed by atoms with Gasteiger partial charge in [-0.05, 0) is 78.6 Å². The van der Waals surface area contributed by atoms with E-state index in [9.17, 15) is 13.2 Å². The highest BCUT2D eigenvalue weighted by molar-refractivity contribution is 7.98. The summed E-state index contributed by atoms with van der Waals surface area (Å²) < 4.78 is 29.3. The quantitative estimate of drug-likeness (QED) is 0.191. The number of sulfone groups is 1. The summed E-state index contributed by atoms with van der Waals surface area (Å²) in [4.78, 5) is 18.5. The molecule has 4 aromatic rings. The normalized spacial score (nSPS) is 13.3. The Labute approximate surface area is 223 Å². The van der Waals surface area contributed by atoms with E-state index in [0.717, 1.165) is 43.6 Å². The molecule has 0 fully saturated rings. The molecule has 0 aliphatic heterocycles. The zero-order chi connectivity index (χ0) is 26.6. The predicted octanol–water partition coefficient (Wildman–Crippen LogP) is 6.10. The van der Waals surface area contributed by atoms with Gasteiger partial charge in [0.15, 0.2) is 0 Å². The number of fused-ring (bicyclic) bond motifs is 1. The van der Waals surface area contributed by atoms with Gasteiger partial charge in [-0.1, -0.05) is 42.5 Å². The number of rotatable bonds is 9. The minimum absolute atomic E-state index is 0.272. The van der Waals surface area contributed by atoms with Crippen LogP contribution in [-0.2, 0) is 32.2 Å². The van der Waals surface area contributed by atoms with Gasteiger partial charge in [-0.3, -0.25) is 9.78 Å². The van der Waals surface area contributed by atoms with Gasteiger partial charge in [-0.25, -0.2) is 8.42 Å². The van der Waals surface area contributed by atoms with Crippen molar-refractivity contribution in [2.45, 2.75) is 35.8 Å². The fourth-order valence-electron chi connectivity index (χ4n) is 4.49. The Kier molecular flexibility index (Phi) is 8.35. The molecule has 0 saturated heterocycles. The highest BCUT2D eigenvalue weighted by Crippen LogP contribution is 2.32. The molecule has 0 aliphatic carbocycles. The summed E-state index contributed by atoms with van der Waals surface area (Å²) in [5.74, 6) is -0.695. The molecule has 4 rings (SSSR count). The molecule has 1 heterocycles. The Bertz CT molecular complexity index is 1510. The summed E-state index contributed by atoms with van der Waals surface area (Å²) in [6.45, 7) is 1.74. The number of ether oxygens (including phenoxy) is 1. The highest BCUT2D eigenvalue weighted by atomic mass is 32.2. The first kappa shape index (κ1) is 26.9. The van der Waals surface area contributed by atoms with Gasteiger partial charge in [0.05, 0.1) is 23.8 Å². The molecule has 0 N–H and O–H groups in total. The van der Waals surface area contributed by atoms with E-state index in [-0.39, 0.29) is 5.97 Å². The number of benzene rings is 3. The van der Waals surface area contributed by atoms with E-state index in [4.69, 9.17) is 4.74 Å². The molecule has 37 heavy (non-hydrogen) atoms. The number of aromatic nitrogens is 1. The highest BCUT2D eigenvalue weighted by Gasteiger charge is 2.23. The standard InChI is InChI=1S/C30H31NO4S2/c1-20(37(4,33)34)15-22-17-25-9-6-14-31-29(25)27(19-22)24-8-5-7-21(16-24)18-28(30(32)35-2)23-10-12-26(36-3)13-11-23/h5-14,16-17,19-20,28H,15,18H2,1-4H3. The molecule has 5 nitrogen and oxygen atoms in total. The molecular formula is C30H31NO4S2. The Morgan fingerprint density at radius 2 is 1.73 bits per heavy atom. The number of carbonyl (C=O) groups excluding carboxylic acids is 1. The van der Waals surface area contributed by atoms with Crippen molar-refractivity contribution in [3.8, 4) is 11.1 Å². The number of pyridine rings is 1. The molecule has 0 bridgehead atoms. The summed E-state index contributed by atoms with van der Waals surface area (Å²) in [6.07, 6.45) is 5.98. The largest absolute Gasteiger partial charge is 0.469 e. The first-order valence-corrected chi connectivity index (χ1v) is 15.2. The Morgan fingerprint density at radius 3 is 2.41 bits per heavy atom. The van der Waals surface area contributed by atoms with Gasteiger partial charge in [0, 0.05) is 28.3 Å². The van der Waals surface area contributed by atoms with Gasteiger partial charge >= 0.3 is 5.97 Å². The van der Waals surface area contributed by atoms with Crippen LogP contribution < -0.4 is 0 Å². The second-order valence-corrected chi connectivity index (χ2v) is 12.7. The third-order valence-corrected chi connectivity index (χ3v) is 9.07. The maximum atomic E-state index is 12.7. The van der Waals surface area contributed by atoms with Gasteiger partial charge in [0.25, 0.3) is 0 Å². The molecular weight excluding hydrogens is 502 g/mol. The van der Waals surface area contributed by atoms with Crippen LogP contribution >= 0.6 is 11.8 Å². The predicted molar refractivity (Wildman–Crippen MR) is 152 cm³/mol. The third kappa shape index (κ3) is 6.40. The number of esters is 1. The van der Waals surface area contributed by atoms with Crippen LogP contribution in [0.25, 0.3) is 22.0 Å². The fraction of sp³-hybridized carbons (Fsp3) is 0.267. The van der Waals surface area contributed by atoms with Gasteiger partial charge in [-0.15, -0.1) is 11.8 Å². The minimum atomic E-state index is -3.15. The lowest BCUT2D eigenvalue weighted by Gasteiger charge is -2.17. The van der Waals surface area contributed by atoms with Crippen LogP contribution in [0.1, 0.15) is 29.5 Å². The summed E-state index contributed by atoms with van der Waals surface area (Å²) >= 11 is 1.66. The maximum absolute atomic E-state index is 12.7. The maximum Gasteiger partial charge on any atom is 0.313 e. The zero-order valence-electron chi connectivity index (χ0n) is 21.5. The first-order chi connectivity index (χ1) is 17.7. The van der Waals surface area contributed by atoms with E-state index in [0.29, 0.717) is 12.8 Å². The molecule has 0 amide bonds. The average Bonchev–Trinajstić information content (AvgIpc) is 2.90. The average molecular weight is 534 g/mol. The second kappa shape index (κ2) is 11.5. The molecule has 192 valence electrons. The van der Waals surface area contributed by atoms with Crippen molar-refractivity contribution in [2.24, 2.45) is 0 Å². The van der Waals surface area contributed by atoms with Crippen LogP contribution in [0.15, 0.2) is 83.9 Å². The molecule has 0 aliphatic rings. The molecule has 7 heteroatoms. The van der Waals surface area contributed by atoms with Crippen molar-refractivity contribution in [3.05, 3.63) is 95.7 Å². The fourth-order valence-corrected chi connectivity index (χ4v) is 5.40. The summed E-state index contributed by atoms with van der Waals surface area (Å²) in [5, 5.41) is 0.474. The van der Waals surface area contributed by atoms with Crippen molar-refractivity contribution in [2.75, 3.05) is 19.6 Å². The number of nitrogens with zero attached hydrogens (tertiary/aromatic N) is 1. The topological polar surface area (TPSA) is 73.3 Å². The van der Waals surface area contributed by atoms with E-state index in [1.54, 1.807) is 24.9 Å². The summed E-state index contributed by atoms with van der Waals surface area (Å²) in [7, 11) is -1.73. The van der Waals surface area contributed by atoms with Crippen molar-refractivity contribution >= 4 is 38.5 Å². The van der Waals surface area contributed by atoms with Crippen LogP contribution in [0.3, 0.4) is 0 Å². The van der Waals surface area contributed by atoms with Gasteiger partial charge in [0.2, 0.25) is 0 Å². The van der Waals surface area contributed by atoms with Gasteiger partial charge < -0.3 is 4.74 Å². The SMILES string of the molecule is COC(=O)C(Cc1cccc(-c2cc(CC(C)S(C)(=O)=O)cc3cccnc23)c1)c1ccc(SC)cc1. The molecule has 1 aromatic heterocycles. The monoisotopic (exact) mass is 533 g/mol. The second-order valence-electron chi connectivity index (χ2n) is 9.32. The van der Waals surface area contributed by atoms with E-state index in [1.807, 2.05) is 73.0 Å². The zero-order valence-corrected chi connectivity index (χ0v) is 23.1. The molecule has 2 unspecified atom stereocenters. The van der Waals surface area contributed by atoms with Gasteiger partial charge in [-0.2, -0.15) is 0 Å². The Balaban J connectivity index is 1.73. The number of thioether (sulfide) groups is 1. The van der Waals surface area contributed by atoms with E-state index < -0.39 is 21.0 Å². The number of methoxy groups -OCH3 is 1. The Morgan fingerprint density at radius 1 is 0.973 bits per heavy atom. The van der Waals surface area contributed by atoms with Crippen molar-refractivity contribution in [1.82, 2.24) is 4.98 Å². The Hall–Kier alpha value is -3.16. The molecule has 3 aromatic carbocycles. The molecule has 2 atom stereocenters. The summed E-state index contributed by atoms with van der Waals surface area (Å²) in [6, 6.07) is 24.1. The number of hydrogen-bond donors (Lipinski definition) is 0. The first-order valence-electron chi connectivity index (χ1n) is 12.1. The van der Waals surface area contributed by atoms with E-state index in [1.165, 1.54) is 13.4 Å². The van der Waals surface area contributed by atoms with E-state index >= 15 is 0 Å². The van der Waals surface area contributed by atoms with Crippen LogP contribution in [-0.4, -0.2) is 44.2 Å². The lowest BCUT2D eigenvalue weighted by molar-refractivity contribution is -0.142. The van der Waals surface area contributed by atoms with Crippen molar-refractivity contribution in [3.63, 3.8) is 0 Å². The number of hydrogen-bond acceptors (Lipinski definition) is 6. The van der Waals surface area contributed by atoms with Crippen molar-refractivity contribution in [1.29, 1.82) is 0 Å². The van der Waals surface area contributed by atoms with Crippen LogP contribution in [0.5, 0.6) is 0 Å². The summed E-state index contributed by atoms with van der Waals surface area (Å²) in [5.41, 5.74) is 5.62. The number of carbonyl (C=O) groups is 1. The minimum Gasteiger partial charge on any atom is -0.469 e. The molecule has 0 radical (unpaired) electrons. The van der Waals surface area contributed by atoms with Crippen molar-refractivity contribution < 1.29 is 17.9 Å².